The maximum atomic E-state index is 4.56. The van der Waals surface area contributed by atoms with Crippen LogP contribution in [0.5, 0.6) is 0 Å². The number of hydrogen-bond acceptors (Lipinski definition) is 4. The first-order valence-corrected chi connectivity index (χ1v) is 9.52. The van der Waals surface area contributed by atoms with Gasteiger partial charge >= 0.3 is 0 Å². The highest BCUT2D eigenvalue weighted by Gasteiger charge is 2.17. The standard InChI is InChI=1S/C21H25N5/c1-3-9-17(10-4-1)21(18-11-6-7-14-22-18)23-15-13-20-25-24-19-12-5-2-8-16-26(19)20/h1,3-4,6-7,9-11,14,21,23H,2,5,8,12-13,15-16H2/t21-/m1/s1. The molecule has 4 rings (SSSR count). The van der Waals surface area contributed by atoms with Crippen molar-refractivity contribution in [3.8, 4) is 0 Å². The monoisotopic (exact) mass is 347 g/mol. The van der Waals surface area contributed by atoms with E-state index in [9.17, 15) is 0 Å². The van der Waals surface area contributed by atoms with Gasteiger partial charge in [0.1, 0.15) is 11.6 Å². The molecular formula is C21H25N5. The van der Waals surface area contributed by atoms with Crippen LogP contribution in [-0.4, -0.2) is 26.3 Å². The van der Waals surface area contributed by atoms with Gasteiger partial charge in [-0.3, -0.25) is 4.98 Å². The minimum atomic E-state index is 0.0870. The summed E-state index contributed by atoms with van der Waals surface area (Å²) in [6.45, 7) is 1.90. The van der Waals surface area contributed by atoms with E-state index in [1.807, 2.05) is 24.4 Å². The molecule has 1 aromatic carbocycles. The molecule has 1 aliphatic rings. The highest BCUT2D eigenvalue weighted by Crippen LogP contribution is 2.20. The van der Waals surface area contributed by atoms with Crippen molar-refractivity contribution in [2.45, 2.75) is 44.7 Å². The molecule has 0 spiro atoms. The van der Waals surface area contributed by atoms with E-state index in [2.05, 4.69) is 55.4 Å². The van der Waals surface area contributed by atoms with Crippen LogP contribution in [0.3, 0.4) is 0 Å². The Morgan fingerprint density at radius 1 is 0.962 bits per heavy atom. The minimum absolute atomic E-state index is 0.0870. The van der Waals surface area contributed by atoms with Gasteiger partial charge in [-0.1, -0.05) is 42.8 Å². The van der Waals surface area contributed by atoms with Crippen molar-refractivity contribution in [1.82, 2.24) is 25.1 Å². The molecule has 0 amide bonds. The Bertz CT molecular complexity index is 773. The molecule has 0 bridgehead atoms. The third kappa shape index (κ3) is 3.83. The van der Waals surface area contributed by atoms with E-state index in [-0.39, 0.29) is 6.04 Å². The zero-order chi connectivity index (χ0) is 17.6. The van der Waals surface area contributed by atoms with E-state index in [4.69, 9.17) is 0 Å². The lowest BCUT2D eigenvalue weighted by Gasteiger charge is -2.19. The smallest absolute Gasteiger partial charge is 0.134 e. The van der Waals surface area contributed by atoms with Gasteiger partial charge in [0.05, 0.1) is 11.7 Å². The predicted molar refractivity (Wildman–Crippen MR) is 102 cm³/mol. The lowest BCUT2D eigenvalue weighted by molar-refractivity contribution is 0.558. The number of pyridine rings is 1. The van der Waals surface area contributed by atoms with Gasteiger partial charge in [-0.15, -0.1) is 10.2 Å². The van der Waals surface area contributed by atoms with Gasteiger partial charge in [0.25, 0.3) is 0 Å². The maximum absolute atomic E-state index is 4.56. The number of aromatic nitrogens is 4. The molecule has 26 heavy (non-hydrogen) atoms. The Kier molecular flexibility index (Phi) is 5.36. The molecule has 1 atom stereocenters. The maximum Gasteiger partial charge on any atom is 0.134 e. The number of nitrogens with zero attached hydrogens (tertiary/aromatic N) is 4. The molecule has 5 heteroatoms. The van der Waals surface area contributed by atoms with Crippen LogP contribution in [0.1, 0.15) is 48.2 Å². The third-order valence-corrected chi connectivity index (χ3v) is 5.00. The predicted octanol–water partition coefficient (Wildman–Crippen LogP) is 3.32. The first-order chi connectivity index (χ1) is 12.9. The molecule has 0 radical (unpaired) electrons. The second-order valence-electron chi connectivity index (χ2n) is 6.80. The minimum Gasteiger partial charge on any atom is -0.315 e. The molecular weight excluding hydrogens is 322 g/mol. The van der Waals surface area contributed by atoms with Gasteiger partial charge in [0.2, 0.25) is 0 Å². The Morgan fingerprint density at radius 3 is 2.69 bits per heavy atom. The molecule has 0 fully saturated rings. The Hall–Kier alpha value is -2.53. The van der Waals surface area contributed by atoms with E-state index in [0.29, 0.717) is 0 Å². The van der Waals surface area contributed by atoms with Crippen LogP contribution in [0.25, 0.3) is 0 Å². The van der Waals surface area contributed by atoms with Gasteiger partial charge in [-0.05, 0) is 30.5 Å². The lowest BCUT2D eigenvalue weighted by Crippen LogP contribution is -2.26. The largest absolute Gasteiger partial charge is 0.315 e. The fourth-order valence-corrected chi connectivity index (χ4v) is 3.64. The number of fused-ring (bicyclic) bond motifs is 1. The van der Waals surface area contributed by atoms with E-state index in [0.717, 1.165) is 43.3 Å². The molecule has 0 saturated heterocycles. The molecule has 3 aromatic rings. The topological polar surface area (TPSA) is 55.6 Å². The van der Waals surface area contributed by atoms with Crippen LogP contribution >= 0.6 is 0 Å². The van der Waals surface area contributed by atoms with E-state index in [1.165, 1.54) is 24.8 Å². The van der Waals surface area contributed by atoms with Crippen molar-refractivity contribution in [2.24, 2.45) is 0 Å². The highest BCUT2D eigenvalue weighted by atomic mass is 15.3. The normalized spacial score (nSPS) is 15.2. The van der Waals surface area contributed by atoms with Crippen molar-refractivity contribution in [3.05, 3.63) is 77.6 Å². The Balaban J connectivity index is 1.47. The van der Waals surface area contributed by atoms with Gasteiger partial charge < -0.3 is 9.88 Å². The van der Waals surface area contributed by atoms with Crippen LogP contribution in [0, 0.1) is 0 Å². The Labute approximate surface area is 154 Å². The summed E-state index contributed by atoms with van der Waals surface area (Å²) in [6.07, 6.45) is 7.53. The molecule has 0 unspecified atom stereocenters. The van der Waals surface area contributed by atoms with E-state index in [1.54, 1.807) is 0 Å². The zero-order valence-electron chi connectivity index (χ0n) is 15.0. The highest BCUT2D eigenvalue weighted by molar-refractivity contribution is 5.27. The summed E-state index contributed by atoms with van der Waals surface area (Å²) in [6, 6.07) is 16.7. The SMILES string of the molecule is c1ccc([C@@H](NCCc2nnc3n2CCCCC3)c2ccccn2)cc1. The summed E-state index contributed by atoms with van der Waals surface area (Å²) in [5.74, 6) is 2.25. The summed E-state index contributed by atoms with van der Waals surface area (Å²) < 4.78 is 2.33. The average Bonchev–Trinajstić information content (AvgIpc) is 2.93. The van der Waals surface area contributed by atoms with Crippen LogP contribution in [0.2, 0.25) is 0 Å². The van der Waals surface area contributed by atoms with E-state index < -0.39 is 0 Å². The van der Waals surface area contributed by atoms with Crippen LogP contribution in [0.4, 0.5) is 0 Å². The molecule has 1 N–H and O–H groups in total. The fourth-order valence-electron chi connectivity index (χ4n) is 3.64. The molecule has 0 saturated carbocycles. The van der Waals surface area contributed by atoms with Crippen LogP contribution in [-0.2, 0) is 19.4 Å². The van der Waals surface area contributed by atoms with Gasteiger partial charge in [-0.2, -0.15) is 0 Å². The van der Waals surface area contributed by atoms with Gasteiger partial charge in [0, 0.05) is 32.1 Å². The third-order valence-electron chi connectivity index (χ3n) is 5.00. The molecule has 1 aliphatic heterocycles. The molecule has 0 aliphatic carbocycles. The van der Waals surface area contributed by atoms with Crippen molar-refractivity contribution in [2.75, 3.05) is 6.54 Å². The van der Waals surface area contributed by atoms with Crippen LogP contribution in [0.15, 0.2) is 54.7 Å². The summed E-state index contributed by atoms with van der Waals surface area (Å²) in [5.41, 5.74) is 2.27. The summed E-state index contributed by atoms with van der Waals surface area (Å²) in [5, 5.41) is 12.5. The summed E-state index contributed by atoms with van der Waals surface area (Å²) in [7, 11) is 0. The molecule has 3 heterocycles. The Morgan fingerprint density at radius 2 is 1.85 bits per heavy atom. The number of benzene rings is 1. The average molecular weight is 347 g/mol. The quantitative estimate of drug-likeness (QED) is 0.743. The molecule has 2 aromatic heterocycles. The second-order valence-corrected chi connectivity index (χ2v) is 6.80. The number of aryl methyl sites for hydroxylation is 1. The van der Waals surface area contributed by atoms with E-state index >= 15 is 0 Å². The molecule has 134 valence electrons. The summed E-state index contributed by atoms with van der Waals surface area (Å²) in [4.78, 5) is 4.56. The lowest BCUT2D eigenvalue weighted by atomic mass is 10.0. The van der Waals surface area contributed by atoms with Gasteiger partial charge in [-0.25, -0.2) is 0 Å². The van der Waals surface area contributed by atoms with Crippen molar-refractivity contribution < 1.29 is 0 Å². The van der Waals surface area contributed by atoms with Crippen molar-refractivity contribution in [1.29, 1.82) is 0 Å². The van der Waals surface area contributed by atoms with Crippen LogP contribution < -0.4 is 5.32 Å². The molecule has 5 nitrogen and oxygen atoms in total. The second kappa shape index (κ2) is 8.23. The number of hydrogen-bond donors (Lipinski definition) is 1. The zero-order valence-corrected chi connectivity index (χ0v) is 15.0. The number of nitrogens with one attached hydrogen (secondary N) is 1. The van der Waals surface area contributed by atoms with Crippen molar-refractivity contribution >= 4 is 0 Å². The number of rotatable bonds is 6. The fraction of sp³-hybridized carbons (Fsp3) is 0.381. The first-order valence-electron chi connectivity index (χ1n) is 9.52. The summed E-state index contributed by atoms with van der Waals surface area (Å²) >= 11 is 0. The van der Waals surface area contributed by atoms with Crippen molar-refractivity contribution in [3.63, 3.8) is 0 Å². The first kappa shape index (κ1) is 16.9. The van der Waals surface area contributed by atoms with Gasteiger partial charge in [0.15, 0.2) is 0 Å².